The molecule has 20 heavy (non-hydrogen) atoms. The van der Waals surface area contributed by atoms with Crippen LogP contribution in [0.5, 0.6) is 0 Å². The molecule has 2 aliphatic rings. The molecule has 2 aliphatic heterocycles. The molecule has 2 nitrogen and oxygen atoms in total. The number of fused-ring (bicyclic) bond motifs is 1. The molecule has 110 valence electrons. The first-order valence-electron chi connectivity index (χ1n) is 7.22. The maximum atomic E-state index is 14.2. The molecular formula is C15H19ClF2N2. The zero-order valence-electron chi connectivity index (χ0n) is 11.4. The van der Waals surface area contributed by atoms with Crippen LogP contribution in [0, 0.1) is 11.6 Å². The molecule has 0 bridgehead atoms. The van der Waals surface area contributed by atoms with Gasteiger partial charge in [0.2, 0.25) is 0 Å². The minimum atomic E-state index is -0.493. The Bertz CT molecular complexity index is 472. The van der Waals surface area contributed by atoms with Gasteiger partial charge in [-0.15, -0.1) is 11.6 Å². The Kier molecular flexibility index (Phi) is 4.13. The van der Waals surface area contributed by atoms with Crippen molar-refractivity contribution in [2.24, 2.45) is 0 Å². The molecule has 1 aromatic rings. The van der Waals surface area contributed by atoms with E-state index in [-0.39, 0.29) is 11.6 Å². The maximum Gasteiger partial charge on any atom is 0.149 e. The summed E-state index contributed by atoms with van der Waals surface area (Å²) >= 11 is 5.65. The second kappa shape index (κ2) is 5.86. The highest BCUT2D eigenvalue weighted by molar-refractivity contribution is 6.17. The van der Waals surface area contributed by atoms with E-state index in [1.54, 1.807) is 0 Å². The van der Waals surface area contributed by atoms with E-state index in [0.717, 1.165) is 25.9 Å². The number of anilines is 1. The summed E-state index contributed by atoms with van der Waals surface area (Å²) in [6.07, 6.45) is 3.26. The molecule has 0 aromatic heterocycles. The molecule has 0 radical (unpaired) electrons. The van der Waals surface area contributed by atoms with Crippen LogP contribution in [0.2, 0.25) is 0 Å². The predicted molar refractivity (Wildman–Crippen MR) is 77.3 cm³/mol. The van der Waals surface area contributed by atoms with Crippen molar-refractivity contribution in [3.63, 3.8) is 0 Å². The maximum absolute atomic E-state index is 14.2. The summed E-state index contributed by atoms with van der Waals surface area (Å²) in [7, 11) is 0. The Morgan fingerprint density at radius 3 is 2.50 bits per heavy atom. The van der Waals surface area contributed by atoms with E-state index in [1.807, 2.05) is 4.90 Å². The van der Waals surface area contributed by atoms with E-state index in [1.165, 1.54) is 18.6 Å². The monoisotopic (exact) mass is 300 g/mol. The molecule has 2 saturated heterocycles. The van der Waals surface area contributed by atoms with Gasteiger partial charge in [0.15, 0.2) is 0 Å². The molecule has 0 amide bonds. The summed E-state index contributed by atoms with van der Waals surface area (Å²) in [5, 5.41) is 0. The van der Waals surface area contributed by atoms with E-state index in [9.17, 15) is 8.78 Å². The number of hydrogen-bond acceptors (Lipinski definition) is 2. The third-order valence-electron chi connectivity index (χ3n) is 4.35. The molecule has 2 fully saturated rings. The number of alkyl halides is 1. The second-order valence-electron chi connectivity index (χ2n) is 5.67. The summed E-state index contributed by atoms with van der Waals surface area (Å²) < 4.78 is 28.4. The molecule has 1 unspecified atom stereocenters. The fourth-order valence-electron chi connectivity index (χ4n) is 3.41. The summed E-state index contributed by atoms with van der Waals surface area (Å²) in [6.45, 7) is 3.58. The van der Waals surface area contributed by atoms with Gasteiger partial charge in [-0.2, -0.15) is 0 Å². The first kappa shape index (κ1) is 14.1. The number of hydrogen-bond donors (Lipinski definition) is 0. The summed E-state index contributed by atoms with van der Waals surface area (Å²) in [6, 6.07) is 3.13. The van der Waals surface area contributed by atoms with E-state index in [2.05, 4.69) is 4.90 Å². The van der Waals surface area contributed by atoms with Crippen molar-refractivity contribution in [3.05, 3.63) is 29.3 Å². The van der Waals surface area contributed by atoms with E-state index < -0.39 is 11.6 Å². The molecule has 5 heteroatoms. The molecule has 0 N–H and O–H groups in total. The van der Waals surface area contributed by atoms with Crippen LogP contribution in [0.1, 0.15) is 24.8 Å². The van der Waals surface area contributed by atoms with Crippen molar-refractivity contribution in [2.75, 3.05) is 31.1 Å². The molecule has 3 rings (SSSR count). The summed E-state index contributed by atoms with van der Waals surface area (Å²) in [5.41, 5.74) is 0.607. The molecule has 1 atom stereocenters. The third kappa shape index (κ3) is 2.63. The van der Waals surface area contributed by atoms with Crippen molar-refractivity contribution in [3.8, 4) is 0 Å². The predicted octanol–water partition coefficient (Wildman–Crippen LogP) is 3.38. The Morgan fingerprint density at radius 1 is 1.10 bits per heavy atom. The normalized spacial score (nSPS) is 23.8. The van der Waals surface area contributed by atoms with Crippen molar-refractivity contribution >= 4 is 17.3 Å². The van der Waals surface area contributed by atoms with Crippen molar-refractivity contribution in [1.82, 2.24) is 4.90 Å². The van der Waals surface area contributed by atoms with Crippen LogP contribution in [0.25, 0.3) is 0 Å². The van der Waals surface area contributed by atoms with Gasteiger partial charge in [-0.05, 0) is 43.5 Å². The highest BCUT2D eigenvalue weighted by Gasteiger charge is 2.30. The van der Waals surface area contributed by atoms with Crippen molar-refractivity contribution in [2.45, 2.75) is 31.2 Å². The van der Waals surface area contributed by atoms with Gasteiger partial charge < -0.3 is 4.90 Å². The Labute approximate surface area is 123 Å². The lowest BCUT2D eigenvalue weighted by Crippen LogP contribution is -2.37. The van der Waals surface area contributed by atoms with Gasteiger partial charge >= 0.3 is 0 Å². The minimum absolute atomic E-state index is 0.118. The first-order chi connectivity index (χ1) is 9.69. The van der Waals surface area contributed by atoms with Crippen LogP contribution < -0.4 is 4.90 Å². The molecule has 1 aromatic carbocycles. The quantitative estimate of drug-likeness (QED) is 0.773. The van der Waals surface area contributed by atoms with Crippen LogP contribution in [-0.2, 0) is 5.88 Å². The fraction of sp³-hybridized carbons (Fsp3) is 0.600. The second-order valence-corrected chi connectivity index (χ2v) is 5.94. The lowest BCUT2D eigenvalue weighted by molar-refractivity contribution is 0.273. The average molecular weight is 301 g/mol. The highest BCUT2D eigenvalue weighted by atomic mass is 35.5. The summed E-state index contributed by atoms with van der Waals surface area (Å²) in [4.78, 5) is 4.32. The highest BCUT2D eigenvalue weighted by Crippen LogP contribution is 2.30. The van der Waals surface area contributed by atoms with Crippen LogP contribution in [0.15, 0.2) is 12.1 Å². The smallest absolute Gasteiger partial charge is 0.149 e. The van der Waals surface area contributed by atoms with Crippen LogP contribution >= 0.6 is 11.6 Å². The molecule has 0 spiro atoms. The Hall–Kier alpha value is -0.870. The van der Waals surface area contributed by atoms with Gasteiger partial charge in [0.25, 0.3) is 0 Å². The zero-order chi connectivity index (χ0) is 14.1. The number of rotatable bonds is 2. The number of halogens is 3. The fourth-order valence-corrected chi connectivity index (χ4v) is 3.56. The molecular weight excluding hydrogens is 282 g/mol. The average Bonchev–Trinajstić information content (AvgIpc) is 2.76. The van der Waals surface area contributed by atoms with Gasteiger partial charge in [0.05, 0.1) is 0 Å². The third-order valence-corrected chi connectivity index (χ3v) is 4.66. The van der Waals surface area contributed by atoms with Crippen LogP contribution in [0.3, 0.4) is 0 Å². The Balaban J connectivity index is 1.88. The van der Waals surface area contributed by atoms with E-state index in [0.29, 0.717) is 24.7 Å². The number of nitrogens with zero attached hydrogens (tertiary/aromatic N) is 2. The van der Waals surface area contributed by atoms with Crippen LogP contribution in [0.4, 0.5) is 14.5 Å². The first-order valence-corrected chi connectivity index (χ1v) is 7.75. The largest absolute Gasteiger partial charge is 0.365 e. The lowest BCUT2D eigenvalue weighted by atomic mass is 10.1. The molecule has 0 aliphatic carbocycles. The molecule has 0 saturated carbocycles. The van der Waals surface area contributed by atoms with Crippen molar-refractivity contribution < 1.29 is 8.78 Å². The number of benzene rings is 1. The molecule has 2 heterocycles. The topological polar surface area (TPSA) is 6.48 Å². The minimum Gasteiger partial charge on any atom is -0.365 e. The van der Waals surface area contributed by atoms with Gasteiger partial charge in [-0.1, -0.05) is 0 Å². The van der Waals surface area contributed by atoms with Gasteiger partial charge in [-0.25, -0.2) is 8.78 Å². The zero-order valence-corrected chi connectivity index (χ0v) is 12.2. The van der Waals surface area contributed by atoms with Crippen LogP contribution in [-0.4, -0.2) is 37.1 Å². The van der Waals surface area contributed by atoms with Gasteiger partial charge in [0.1, 0.15) is 17.3 Å². The van der Waals surface area contributed by atoms with Gasteiger partial charge in [0, 0.05) is 31.6 Å². The lowest BCUT2D eigenvalue weighted by Gasteiger charge is -2.28. The summed E-state index contributed by atoms with van der Waals surface area (Å²) in [5.74, 6) is -0.857. The van der Waals surface area contributed by atoms with E-state index >= 15 is 0 Å². The van der Waals surface area contributed by atoms with Gasteiger partial charge in [-0.3, -0.25) is 4.90 Å². The van der Waals surface area contributed by atoms with Crippen molar-refractivity contribution in [1.29, 1.82) is 0 Å². The standard InChI is InChI=1S/C15H19ClF2N2/c16-9-11-7-13(17)15(14(18)8-11)20-6-2-5-19-4-1-3-12(19)10-20/h7-8,12H,1-6,9-10H2. The van der Waals surface area contributed by atoms with E-state index in [4.69, 9.17) is 11.6 Å². The SMILES string of the molecule is Fc1cc(CCl)cc(F)c1N1CCCN2CCCC2C1. The Morgan fingerprint density at radius 2 is 1.80 bits per heavy atom.